The zero-order chi connectivity index (χ0) is 13.7. The van der Waals surface area contributed by atoms with Crippen molar-refractivity contribution in [2.75, 3.05) is 43.5 Å². The SMILES string of the molecule is CCN(CC1CCCCN1)c1ccnc(N(C)C)n1. The molecule has 5 nitrogen and oxygen atoms in total. The summed E-state index contributed by atoms with van der Waals surface area (Å²) in [7, 11) is 3.94. The van der Waals surface area contributed by atoms with Gasteiger partial charge in [0, 0.05) is 39.4 Å². The predicted molar refractivity (Wildman–Crippen MR) is 79.9 cm³/mol. The summed E-state index contributed by atoms with van der Waals surface area (Å²) in [6.07, 6.45) is 5.75. The summed E-state index contributed by atoms with van der Waals surface area (Å²) in [6.45, 7) is 5.33. The average molecular weight is 263 g/mol. The lowest BCUT2D eigenvalue weighted by Gasteiger charge is -2.30. The fraction of sp³-hybridized carbons (Fsp3) is 0.714. The van der Waals surface area contributed by atoms with Crippen molar-refractivity contribution in [3.05, 3.63) is 12.3 Å². The Morgan fingerprint density at radius 3 is 2.84 bits per heavy atom. The third-order valence-corrected chi connectivity index (χ3v) is 3.59. The van der Waals surface area contributed by atoms with Crippen LogP contribution in [-0.4, -0.2) is 49.7 Å². The summed E-state index contributed by atoms with van der Waals surface area (Å²) >= 11 is 0. The zero-order valence-electron chi connectivity index (χ0n) is 12.3. The summed E-state index contributed by atoms with van der Waals surface area (Å²) in [5, 5.41) is 3.60. The smallest absolute Gasteiger partial charge is 0.226 e. The van der Waals surface area contributed by atoms with E-state index in [0.29, 0.717) is 6.04 Å². The lowest BCUT2D eigenvalue weighted by molar-refractivity contribution is 0.399. The molecule has 1 aromatic heterocycles. The number of likely N-dealkylation sites (N-methyl/N-ethyl adjacent to an activating group) is 1. The molecule has 0 aromatic carbocycles. The van der Waals surface area contributed by atoms with E-state index in [2.05, 4.69) is 27.1 Å². The van der Waals surface area contributed by atoms with Crippen LogP contribution in [0.5, 0.6) is 0 Å². The first-order valence-electron chi connectivity index (χ1n) is 7.19. The number of hydrogen-bond donors (Lipinski definition) is 1. The van der Waals surface area contributed by atoms with Crippen LogP contribution < -0.4 is 15.1 Å². The molecule has 106 valence electrons. The van der Waals surface area contributed by atoms with Gasteiger partial charge in [0.1, 0.15) is 5.82 Å². The second kappa shape index (κ2) is 6.70. The first-order chi connectivity index (χ1) is 9.20. The fourth-order valence-electron chi connectivity index (χ4n) is 2.46. The van der Waals surface area contributed by atoms with Gasteiger partial charge in [-0.15, -0.1) is 0 Å². The molecule has 0 spiro atoms. The molecule has 2 heterocycles. The molecule has 1 fully saturated rings. The highest BCUT2D eigenvalue weighted by molar-refractivity contribution is 5.43. The highest BCUT2D eigenvalue weighted by Crippen LogP contribution is 2.16. The Balaban J connectivity index is 2.05. The van der Waals surface area contributed by atoms with E-state index in [-0.39, 0.29) is 0 Å². The number of anilines is 2. The molecule has 1 aliphatic rings. The molecule has 1 aromatic rings. The molecule has 5 heteroatoms. The molecular weight excluding hydrogens is 238 g/mol. The Morgan fingerprint density at radius 1 is 1.37 bits per heavy atom. The Bertz CT molecular complexity index is 387. The van der Waals surface area contributed by atoms with E-state index in [4.69, 9.17) is 0 Å². The van der Waals surface area contributed by atoms with E-state index >= 15 is 0 Å². The van der Waals surface area contributed by atoms with Gasteiger partial charge in [0.2, 0.25) is 5.95 Å². The maximum atomic E-state index is 4.62. The van der Waals surface area contributed by atoms with E-state index in [1.165, 1.54) is 19.3 Å². The van der Waals surface area contributed by atoms with Crippen molar-refractivity contribution in [1.82, 2.24) is 15.3 Å². The lowest BCUT2D eigenvalue weighted by atomic mass is 10.0. The minimum Gasteiger partial charge on any atom is -0.355 e. The lowest BCUT2D eigenvalue weighted by Crippen LogP contribution is -2.44. The Labute approximate surface area is 116 Å². The third kappa shape index (κ3) is 3.80. The third-order valence-electron chi connectivity index (χ3n) is 3.59. The van der Waals surface area contributed by atoms with Crippen LogP contribution in [0.1, 0.15) is 26.2 Å². The Morgan fingerprint density at radius 2 is 2.21 bits per heavy atom. The van der Waals surface area contributed by atoms with Crippen LogP contribution in [0.15, 0.2) is 12.3 Å². The molecule has 2 rings (SSSR count). The highest BCUT2D eigenvalue weighted by Gasteiger charge is 2.17. The van der Waals surface area contributed by atoms with E-state index in [1.54, 1.807) is 0 Å². The van der Waals surface area contributed by atoms with Crippen molar-refractivity contribution in [1.29, 1.82) is 0 Å². The van der Waals surface area contributed by atoms with Gasteiger partial charge in [-0.3, -0.25) is 0 Å². The van der Waals surface area contributed by atoms with Gasteiger partial charge >= 0.3 is 0 Å². The predicted octanol–water partition coefficient (Wildman–Crippen LogP) is 1.51. The summed E-state index contributed by atoms with van der Waals surface area (Å²) in [4.78, 5) is 13.2. The number of aromatic nitrogens is 2. The Kier molecular flexibility index (Phi) is 4.96. The molecule has 0 saturated carbocycles. The second-order valence-corrected chi connectivity index (χ2v) is 5.29. The van der Waals surface area contributed by atoms with Crippen LogP contribution >= 0.6 is 0 Å². The van der Waals surface area contributed by atoms with Gasteiger partial charge in [-0.25, -0.2) is 4.98 Å². The summed E-state index contributed by atoms with van der Waals surface area (Å²) < 4.78 is 0. The van der Waals surface area contributed by atoms with Gasteiger partial charge in [-0.1, -0.05) is 6.42 Å². The van der Waals surface area contributed by atoms with Crippen molar-refractivity contribution < 1.29 is 0 Å². The molecule has 0 amide bonds. The van der Waals surface area contributed by atoms with Crippen molar-refractivity contribution in [2.24, 2.45) is 0 Å². The van der Waals surface area contributed by atoms with Crippen molar-refractivity contribution >= 4 is 11.8 Å². The van der Waals surface area contributed by atoms with Crippen LogP contribution in [0, 0.1) is 0 Å². The largest absolute Gasteiger partial charge is 0.355 e. The summed E-state index contributed by atoms with van der Waals surface area (Å²) in [5.74, 6) is 1.79. The minimum absolute atomic E-state index is 0.589. The maximum Gasteiger partial charge on any atom is 0.226 e. The Hall–Kier alpha value is -1.36. The van der Waals surface area contributed by atoms with Gasteiger partial charge < -0.3 is 15.1 Å². The number of nitrogens with zero attached hydrogens (tertiary/aromatic N) is 4. The van der Waals surface area contributed by atoms with Gasteiger partial charge in [-0.2, -0.15) is 4.98 Å². The molecule has 1 saturated heterocycles. The molecular formula is C14H25N5. The van der Waals surface area contributed by atoms with Crippen molar-refractivity contribution in [3.8, 4) is 0 Å². The standard InChI is InChI=1S/C14H25N5/c1-4-19(11-12-7-5-6-9-15-12)13-8-10-16-14(17-13)18(2)3/h8,10,12,15H,4-7,9,11H2,1-3H3. The fourth-order valence-corrected chi connectivity index (χ4v) is 2.46. The van der Waals surface area contributed by atoms with Crippen LogP contribution in [0.3, 0.4) is 0 Å². The van der Waals surface area contributed by atoms with E-state index in [9.17, 15) is 0 Å². The van der Waals surface area contributed by atoms with E-state index in [0.717, 1.165) is 31.4 Å². The molecule has 1 aliphatic heterocycles. The van der Waals surface area contributed by atoms with Gasteiger partial charge in [0.15, 0.2) is 0 Å². The number of rotatable bonds is 5. The normalized spacial score (nSPS) is 19.2. The van der Waals surface area contributed by atoms with E-state index < -0.39 is 0 Å². The monoisotopic (exact) mass is 263 g/mol. The number of piperidine rings is 1. The second-order valence-electron chi connectivity index (χ2n) is 5.29. The molecule has 0 radical (unpaired) electrons. The maximum absolute atomic E-state index is 4.62. The first kappa shape index (κ1) is 14.1. The quantitative estimate of drug-likeness (QED) is 0.872. The molecule has 19 heavy (non-hydrogen) atoms. The van der Waals surface area contributed by atoms with Gasteiger partial charge in [-0.05, 0) is 32.4 Å². The molecule has 1 atom stereocenters. The number of nitrogens with one attached hydrogen (secondary N) is 1. The van der Waals surface area contributed by atoms with Gasteiger partial charge in [0.05, 0.1) is 0 Å². The van der Waals surface area contributed by atoms with Crippen LogP contribution in [0.4, 0.5) is 11.8 Å². The van der Waals surface area contributed by atoms with E-state index in [1.807, 2.05) is 31.3 Å². The highest BCUT2D eigenvalue weighted by atomic mass is 15.3. The zero-order valence-corrected chi connectivity index (χ0v) is 12.3. The summed E-state index contributed by atoms with van der Waals surface area (Å²) in [5.41, 5.74) is 0. The van der Waals surface area contributed by atoms with Crippen LogP contribution in [0.2, 0.25) is 0 Å². The van der Waals surface area contributed by atoms with Crippen molar-refractivity contribution in [2.45, 2.75) is 32.2 Å². The summed E-state index contributed by atoms with van der Waals surface area (Å²) in [6, 6.07) is 2.59. The topological polar surface area (TPSA) is 44.3 Å². The number of hydrogen-bond acceptors (Lipinski definition) is 5. The van der Waals surface area contributed by atoms with Crippen LogP contribution in [0.25, 0.3) is 0 Å². The van der Waals surface area contributed by atoms with Gasteiger partial charge in [0.25, 0.3) is 0 Å². The van der Waals surface area contributed by atoms with Crippen molar-refractivity contribution in [3.63, 3.8) is 0 Å². The van der Waals surface area contributed by atoms with Crippen LogP contribution in [-0.2, 0) is 0 Å². The minimum atomic E-state index is 0.589. The molecule has 0 bridgehead atoms. The molecule has 1 N–H and O–H groups in total. The molecule has 1 unspecified atom stereocenters. The molecule has 0 aliphatic carbocycles. The average Bonchev–Trinajstić information content (AvgIpc) is 2.46. The first-order valence-corrected chi connectivity index (χ1v) is 7.19.